The predicted octanol–water partition coefficient (Wildman–Crippen LogP) is 1.13. The summed E-state index contributed by atoms with van der Waals surface area (Å²) < 4.78 is 4.56. The van der Waals surface area contributed by atoms with Gasteiger partial charge in [-0.2, -0.15) is 4.98 Å². The van der Waals surface area contributed by atoms with Crippen molar-refractivity contribution < 1.29 is 4.52 Å². The van der Waals surface area contributed by atoms with Gasteiger partial charge in [0.15, 0.2) is 11.0 Å². The molecule has 0 aliphatic heterocycles. The molecule has 1 N–H and O–H groups in total. The average Bonchev–Trinajstić information content (AvgIpc) is 2.70. The van der Waals surface area contributed by atoms with Gasteiger partial charge < -0.3 is 9.84 Å². The molecule has 2 aromatic rings. The van der Waals surface area contributed by atoms with E-state index in [2.05, 4.69) is 30.2 Å². The van der Waals surface area contributed by atoms with Crippen molar-refractivity contribution in [3.63, 3.8) is 0 Å². The van der Waals surface area contributed by atoms with Gasteiger partial charge in [-0.25, -0.2) is 0 Å². The highest BCUT2D eigenvalue weighted by Crippen LogP contribution is 2.06. The fourth-order valence-electron chi connectivity index (χ4n) is 0.850. The van der Waals surface area contributed by atoms with Gasteiger partial charge in [-0.05, 0) is 12.1 Å². The normalized spacial score (nSPS) is 10.1. The average molecular weight is 212 g/mol. The highest BCUT2D eigenvalue weighted by atomic mass is 35.5. The van der Waals surface area contributed by atoms with Crippen LogP contribution < -0.4 is 5.32 Å². The Bertz CT molecular complexity index is 387. The Kier molecular flexibility index (Phi) is 2.55. The number of hydrogen-bond donors (Lipinski definition) is 1. The monoisotopic (exact) mass is 211 g/mol. The summed E-state index contributed by atoms with van der Waals surface area (Å²) in [4.78, 5) is 3.83. The number of hydrogen-bond acceptors (Lipinski definition) is 6. The lowest BCUT2D eigenvalue weighted by Gasteiger charge is -1.99. The quantitative estimate of drug-likeness (QED) is 0.820. The van der Waals surface area contributed by atoms with Crippen LogP contribution in [0.1, 0.15) is 5.82 Å². The molecule has 0 aliphatic rings. The minimum atomic E-state index is 0.357. The van der Waals surface area contributed by atoms with E-state index < -0.39 is 0 Å². The second kappa shape index (κ2) is 4.01. The molecule has 2 rings (SSSR count). The fourth-order valence-corrected chi connectivity index (χ4v) is 0.951. The molecule has 0 fully saturated rings. The minimum absolute atomic E-state index is 0.357. The first-order chi connectivity index (χ1) is 6.84. The van der Waals surface area contributed by atoms with Crippen LogP contribution in [0.4, 0.5) is 5.82 Å². The van der Waals surface area contributed by atoms with Crippen molar-refractivity contribution in [2.24, 2.45) is 0 Å². The summed E-state index contributed by atoms with van der Waals surface area (Å²) in [7, 11) is 0. The van der Waals surface area contributed by atoms with Gasteiger partial charge in [0.25, 0.3) is 0 Å². The van der Waals surface area contributed by atoms with Gasteiger partial charge in [0.1, 0.15) is 5.82 Å². The molecular weight excluding hydrogens is 206 g/mol. The maximum Gasteiger partial charge on any atom is 0.213 e. The summed E-state index contributed by atoms with van der Waals surface area (Å²) in [5, 5.41) is 14.4. The van der Waals surface area contributed by atoms with Crippen LogP contribution in [-0.2, 0) is 6.54 Å². The Morgan fingerprint density at radius 1 is 1.36 bits per heavy atom. The number of nitrogens with one attached hydrogen (secondary N) is 1. The van der Waals surface area contributed by atoms with Crippen LogP contribution in [0, 0.1) is 0 Å². The third kappa shape index (κ3) is 2.17. The van der Waals surface area contributed by atoms with Gasteiger partial charge in [0.2, 0.25) is 6.39 Å². The molecule has 6 nitrogen and oxygen atoms in total. The largest absolute Gasteiger partial charge is 0.361 e. The Hall–Kier alpha value is -1.69. The van der Waals surface area contributed by atoms with Gasteiger partial charge in [0, 0.05) is 0 Å². The summed E-state index contributed by atoms with van der Waals surface area (Å²) in [6.45, 7) is 0.437. The second-order valence-electron chi connectivity index (χ2n) is 2.44. The maximum absolute atomic E-state index is 5.57. The van der Waals surface area contributed by atoms with Crippen LogP contribution >= 0.6 is 11.6 Å². The fraction of sp³-hybridized carbons (Fsp3) is 0.143. The van der Waals surface area contributed by atoms with Gasteiger partial charge in [-0.15, -0.1) is 10.2 Å². The molecule has 0 atom stereocenters. The molecule has 0 radical (unpaired) electrons. The van der Waals surface area contributed by atoms with Crippen molar-refractivity contribution in [2.75, 3.05) is 5.32 Å². The topological polar surface area (TPSA) is 76.7 Å². The zero-order valence-corrected chi connectivity index (χ0v) is 7.77. The van der Waals surface area contributed by atoms with Gasteiger partial charge in [0.05, 0.1) is 6.54 Å². The van der Waals surface area contributed by atoms with Crippen LogP contribution in [0.2, 0.25) is 5.15 Å². The lowest BCUT2D eigenvalue weighted by Crippen LogP contribution is -2.03. The van der Waals surface area contributed by atoms with Crippen LogP contribution in [0.15, 0.2) is 23.0 Å². The molecule has 0 bridgehead atoms. The molecule has 0 spiro atoms. The number of rotatable bonds is 3. The molecule has 0 unspecified atom stereocenters. The smallest absolute Gasteiger partial charge is 0.213 e. The maximum atomic E-state index is 5.57. The van der Waals surface area contributed by atoms with Crippen molar-refractivity contribution in [3.05, 3.63) is 29.5 Å². The minimum Gasteiger partial charge on any atom is -0.361 e. The van der Waals surface area contributed by atoms with E-state index in [1.807, 2.05) is 0 Å². The number of anilines is 1. The van der Waals surface area contributed by atoms with Crippen molar-refractivity contribution in [2.45, 2.75) is 6.54 Å². The number of aromatic nitrogens is 4. The van der Waals surface area contributed by atoms with Gasteiger partial charge in [-0.1, -0.05) is 16.8 Å². The van der Waals surface area contributed by atoms with E-state index in [1.165, 1.54) is 6.39 Å². The zero-order valence-electron chi connectivity index (χ0n) is 7.01. The Morgan fingerprint density at radius 2 is 2.29 bits per heavy atom. The van der Waals surface area contributed by atoms with E-state index in [4.69, 9.17) is 11.6 Å². The Labute approximate surface area is 84.3 Å². The summed E-state index contributed by atoms with van der Waals surface area (Å²) in [5.41, 5.74) is 0. The van der Waals surface area contributed by atoms with Crippen LogP contribution in [0.3, 0.4) is 0 Å². The van der Waals surface area contributed by atoms with Crippen molar-refractivity contribution >= 4 is 17.4 Å². The Morgan fingerprint density at radius 3 is 2.93 bits per heavy atom. The highest BCUT2D eigenvalue weighted by Gasteiger charge is 1.99. The molecule has 2 aromatic heterocycles. The SMILES string of the molecule is Clc1ccc(NCc2ncon2)nn1. The molecule has 72 valence electrons. The van der Waals surface area contributed by atoms with Crippen molar-refractivity contribution in [1.29, 1.82) is 0 Å². The molecular formula is C7H6ClN5O. The first-order valence-corrected chi connectivity index (χ1v) is 4.21. The molecule has 0 aliphatic carbocycles. The molecule has 0 amide bonds. The highest BCUT2D eigenvalue weighted by molar-refractivity contribution is 6.29. The van der Waals surface area contributed by atoms with Crippen molar-refractivity contribution in [3.8, 4) is 0 Å². The third-order valence-corrected chi connectivity index (χ3v) is 1.67. The lowest BCUT2D eigenvalue weighted by molar-refractivity contribution is 0.411. The van der Waals surface area contributed by atoms with Crippen LogP contribution in [-0.4, -0.2) is 20.3 Å². The third-order valence-electron chi connectivity index (χ3n) is 1.47. The molecule has 14 heavy (non-hydrogen) atoms. The summed E-state index contributed by atoms with van der Waals surface area (Å²) in [5.74, 6) is 1.17. The Balaban J connectivity index is 1.95. The summed E-state index contributed by atoms with van der Waals surface area (Å²) in [6, 6.07) is 3.36. The first kappa shape index (κ1) is 8.89. The van der Waals surface area contributed by atoms with E-state index in [0.717, 1.165) is 0 Å². The predicted molar refractivity (Wildman–Crippen MR) is 48.7 cm³/mol. The number of nitrogens with zero attached hydrogens (tertiary/aromatic N) is 4. The molecule has 0 aromatic carbocycles. The van der Waals surface area contributed by atoms with E-state index in [0.29, 0.717) is 23.3 Å². The van der Waals surface area contributed by atoms with Crippen LogP contribution in [0.5, 0.6) is 0 Å². The summed E-state index contributed by atoms with van der Waals surface area (Å²) >= 11 is 5.57. The van der Waals surface area contributed by atoms with Crippen LogP contribution in [0.25, 0.3) is 0 Å². The molecule has 2 heterocycles. The summed E-state index contributed by atoms with van der Waals surface area (Å²) in [6.07, 6.45) is 1.27. The van der Waals surface area contributed by atoms with E-state index in [-0.39, 0.29) is 0 Å². The van der Waals surface area contributed by atoms with E-state index in [9.17, 15) is 0 Å². The van der Waals surface area contributed by atoms with Crippen molar-refractivity contribution in [1.82, 2.24) is 20.3 Å². The van der Waals surface area contributed by atoms with Gasteiger partial charge >= 0.3 is 0 Å². The molecule has 7 heteroatoms. The van der Waals surface area contributed by atoms with E-state index in [1.54, 1.807) is 12.1 Å². The van der Waals surface area contributed by atoms with E-state index >= 15 is 0 Å². The molecule has 0 saturated carbocycles. The molecule has 0 saturated heterocycles. The lowest BCUT2D eigenvalue weighted by atomic mass is 10.5. The standard InChI is InChI=1S/C7H6ClN5O/c8-5-1-2-6(12-11-5)9-3-7-10-4-14-13-7/h1-2,4H,3H2,(H,9,12). The second-order valence-corrected chi connectivity index (χ2v) is 2.83. The number of halogens is 1. The van der Waals surface area contributed by atoms with Gasteiger partial charge in [-0.3, -0.25) is 0 Å². The first-order valence-electron chi connectivity index (χ1n) is 3.83. The zero-order chi connectivity index (χ0) is 9.80.